The second kappa shape index (κ2) is 5.08. The van der Waals surface area contributed by atoms with Crippen molar-refractivity contribution in [3.63, 3.8) is 0 Å². The van der Waals surface area contributed by atoms with E-state index in [9.17, 15) is 4.79 Å². The van der Waals surface area contributed by atoms with Gasteiger partial charge in [-0.25, -0.2) is 9.78 Å². The highest BCUT2D eigenvalue weighted by Gasteiger charge is 2.26. The van der Waals surface area contributed by atoms with Crippen LogP contribution in [-0.4, -0.2) is 44.0 Å². The van der Waals surface area contributed by atoms with E-state index < -0.39 is 6.09 Å². The Labute approximate surface area is 128 Å². The SMILES string of the molecule is Nc1nccc2c1c(I)nn2C1CCN(C(=O)O)CC1. The minimum atomic E-state index is -0.850. The number of nitrogens with two attached hydrogens (primary N) is 1. The number of piperidine rings is 1. The molecule has 0 unspecified atom stereocenters. The Hall–Kier alpha value is -1.58. The van der Waals surface area contributed by atoms with Gasteiger partial charge in [-0.3, -0.25) is 4.68 Å². The predicted octanol–water partition coefficient (Wildman–Crippen LogP) is 1.93. The summed E-state index contributed by atoms with van der Waals surface area (Å²) in [5.41, 5.74) is 6.87. The van der Waals surface area contributed by atoms with Gasteiger partial charge in [0.15, 0.2) is 0 Å². The molecule has 106 valence electrons. The van der Waals surface area contributed by atoms with Crippen LogP contribution in [0.2, 0.25) is 0 Å². The fourth-order valence-electron chi connectivity index (χ4n) is 2.65. The van der Waals surface area contributed by atoms with Gasteiger partial charge in [0.25, 0.3) is 0 Å². The summed E-state index contributed by atoms with van der Waals surface area (Å²) in [4.78, 5) is 16.5. The lowest BCUT2D eigenvalue weighted by Crippen LogP contribution is -2.38. The Bertz CT molecular complexity index is 663. The van der Waals surface area contributed by atoms with Crippen LogP contribution in [0.3, 0.4) is 0 Å². The Morgan fingerprint density at radius 2 is 2.15 bits per heavy atom. The highest BCUT2D eigenvalue weighted by atomic mass is 127. The number of fused-ring (bicyclic) bond motifs is 1. The van der Waals surface area contributed by atoms with Crippen LogP contribution in [0.25, 0.3) is 10.9 Å². The number of hydrogen-bond donors (Lipinski definition) is 2. The number of amides is 1. The third-order valence-corrected chi connectivity index (χ3v) is 4.44. The molecule has 0 aliphatic carbocycles. The summed E-state index contributed by atoms with van der Waals surface area (Å²) in [6, 6.07) is 2.11. The third kappa shape index (κ3) is 2.17. The van der Waals surface area contributed by atoms with Crippen LogP contribution in [0.15, 0.2) is 12.3 Å². The van der Waals surface area contributed by atoms with Gasteiger partial charge in [-0.2, -0.15) is 5.10 Å². The summed E-state index contributed by atoms with van der Waals surface area (Å²) in [5, 5.41) is 14.4. The van der Waals surface area contributed by atoms with Crippen molar-refractivity contribution >= 4 is 45.4 Å². The monoisotopic (exact) mass is 387 g/mol. The molecule has 1 fully saturated rings. The van der Waals surface area contributed by atoms with E-state index in [0.717, 1.165) is 27.4 Å². The molecule has 8 heteroatoms. The number of halogens is 1. The maximum Gasteiger partial charge on any atom is 0.407 e. The molecule has 0 spiro atoms. The largest absolute Gasteiger partial charge is 0.465 e. The molecular weight excluding hydrogens is 373 g/mol. The zero-order valence-electron chi connectivity index (χ0n) is 10.7. The molecule has 1 aliphatic rings. The topological polar surface area (TPSA) is 97.3 Å². The number of likely N-dealkylation sites (tertiary alicyclic amines) is 1. The van der Waals surface area contributed by atoms with Crippen LogP contribution in [-0.2, 0) is 0 Å². The minimum Gasteiger partial charge on any atom is -0.465 e. The smallest absolute Gasteiger partial charge is 0.407 e. The van der Waals surface area contributed by atoms with Crippen molar-refractivity contribution in [2.75, 3.05) is 18.8 Å². The summed E-state index contributed by atoms with van der Waals surface area (Å²) < 4.78 is 2.80. The predicted molar refractivity (Wildman–Crippen MR) is 82.5 cm³/mol. The first-order valence-corrected chi connectivity index (χ1v) is 7.42. The lowest BCUT2D eigenvalue weighted by atomic mass is 10.1. The number of pyridine rings is 1. The van der Waals surface area contributed by atoms with Gasteiger partial charge < -0.3 is 15.7 Å². The van der Waals surface area contributed by atoms with Gasteiger partial charge in [0.2, 0.25) is 0 Å². The van der Waals surface area contributed by atoms with Crippen molar-refractivity contribution in [1.29, 1.82) is 0 Å². The molecule has 0 radical (unpaired) electrons. The number of carboxylic acid groups (broad SMARTS) is 1. The lowest BCUT2D eigenvalue weighted by molar-refractivity contribution is 0.124. The van der Waals surface area contributed by atoms with Crippen LogP contribution in [0.5, 0.6) is 0 Å². The Morgan fingerprint density at radius 3 is 2.80 bits per heavy atom. The fraction of sp³-hybridized carbons (Fsp3) is 0.417. The molecule has 3 rings (SSSR count). The first kappa shape index (κ1) is 13.4. The molecule has 2 aromatic heterocycles. The van der Waals surface area contributed by atoms with E-state index in [0.29, 0.717) is 18.9 Å². The first-order chi connectivity index (χ1) is 9.58. The summed E-state index contributed by atoms with van der Waals surface area (Å²) >= 11 is 2.16. The summed E-state index contributed by atoms with van der Waals surface area (Å²) in [7, 11) is 0. The zero-order chi connectivity index (χ0) is 14.3. The molecule has 3 N–H and O–H groups in total. The van der Waals surface area contributed by atoms with Crippen molar-refractivity contribution in [2.24, 2.45) is 0 Å². The number of rotatable bonds is 1. The van der Waals surface area contributed by atoms with Gasteiger partial charge in [0, 0.05) is 19.3 Å². The number of carbonyl (C=O) groups is 1. The van der Waals surface area contributed by atoms with Gasteiger partial charge >= 0.3 is 6.09 Å². The minimum absolute atomic E-state index is 0.207. The van der Waals surface area contributed by atoms with Crippen LogP contribution < -0.4 is 5.73 Å². The van der Waals surface area contributed by atoms with E-state index in [1.807, 2.05) is 10.7 Å². The van der Waals surface area contributed by atoms with Gasteiger partial charge in [-0.15, -0.1) is 0 Å². The molecule has 20 heavy (non-hydrogen) atoms. The highest BCUT2D eigenvalue weighted by Crippen LogP contribution is 2.30. The van der Waals surface area contributed by atoms with Gasteiger partial charge in [0.1, 0.15) is 9.52 Å². The Kier molecular flexibility index (Phi) is 3.40. The third-order valence-electron chi connectivity index (χ3n) is 3.69. The number of aromatic nitrogens is 3. The fourth-order valence-corrected chi connectivity index (χ4v) is 3.43. The van der Waals surface area contributed by atoms with E-state index in [2.05, 4.69) is 32.7 Å². The highest BCUT2D eigenvalue weighted by molar-refractivity contribution is 14.1. The molecule has 0 aromatic carbocycles. The molecule has 7 nitrogen and oxygen atoms in total. The number of nitrogens with zero attached hydrogens (tertiary/aromatic N) is 4. The summed E-state index contributed by atoms with van der Waals surface area (Å²) in [5.74, 6) is 0.487. The molecule has 1 aliphatic heterocycles. The van der Waals surface area contributed by atoms with E-state index >= 15 is 0 Å². The van der Waals surface area contributed by atoms with Crippen molar-refractivity contribution in [2.45, 2.75) is 18.9 Å². The summed E-state index contributed by atoms with van der Waals surface area (Å²) in [6.45, 7) is 1.08. The number of nitrogen functional groups attached to an aromatic ring is 1. The van der Waals surface area contributed by atoms with Crippen molar-refractivity contribution in [3.05, 3.63) is 16.0 Å². The molecule has 3 heterocycles. The van der Waals surface area contributed by atoms with E-state index in [-0.39, 0.29) is 6.04 Å². The van der Waals surface area contributed by atoms with Crippen molar-refractivity contribution in [1.82, 2.24) is 19.7 Å². The molecule has 1 amide bonds. The van der Waals surface area contributed by atoms with Gasteiger partial charge in [-0.05, 0) is 41.5 Å². The molecule has 0 saturated carbocycles. The Balaban J connectivity index is 1.92. The molecule has 2 aromatic rings. The number of hydrogen-bond acceptors (Lipinski definition) is 4. The molecule has 0 atom stereocenters. The van der Waals surface area contributed by atoms with Crippen molar-refractivity contribution < 1.29 is 9.90 Å². The average molecular weight is 387 g/mol. The van der Waals surface area contributed by atoms with Crippen LogP contribution in [0.4, 0.5) is 10.6 Å². The Morgan fingerprint density at radius 1 is 1.45 bits per heavy atom. The second-order valence-electron chi connectivity index (χ2n) is 4.83. The normalized spacial score (nSPS) is 16.8. The van der Waals surface area contributed by atoms with Crippen LogP contribution in [0.1, 0.15) is 18.9 Å². The van der Waals surface area contributed by atoms with E-state index in [1.165, 1.54) is 4.90 Å². The molecular formula is C12H14IN5O2. The van der Waals surface area contributed by atoms with Gasteiger partial charge in [0.05, 0.1) is 16.9 Å². The molecule has 0 bridgehead atoms. The van der Waals surface area contributed by atoms with E-state index in [4.69, 9.17) is 10.8 Å². The quantitative estimate of drug-likeness (QED) is 0.729. The number of anilines is 1. The second-order valence-corrected chi connectivity index (χ2v) is 5.85. The van der Waals surface area contributed by atoms with E-state index in [1.54, 1.807) is 6.20 Å². The van der Waals surface area contributed by atoms with Gasteiger partial charge in [-0.1, -0.05) is 0 Å². The maximum absolute atomic E-state index is 10.9. The lowest BCUT2D eigenvalue weighted by Gasteiger charge is -2.30. The first-order valence-electron chi connectivity index (χ1n) is 6.34. The average Bonchev–Trinajstić information content (AvgIpc) is 2.77. The molecule has 1 saturated heterocycles. The van der Waals surface area contributed by atoms with Crippen LogP contribution >= 0.6 is 22.6 Å². The summed E-state index contributed by atoms with van der Waals surface area (Å²) in [6.07, 6.45) is 2.36. The maximum atomic E-state index is 10.9. The van der Waals surface area contributed by atoms with Crippen LogP contribution in [0, 0.1) is 3.70 Å². The zero-order valence-corrected chi connectivity index (χ0v) is 12.8. The van der Waals surface area contributed by atoms with Crippen molar-refractivity contribution in [3.8, 4) is 0 Å². The standard InChI is InChI=1S/C12H14IN5O2/c13-10-9-8(1-4-15-11(9)14)18(16-10)7-2-5-17(6-3-7)12(19)20/h1,4,7H,2-3,5-6H2,(H2,14,15)(H,19,20).